The highest BCUT2D eigenvalue weighted by atomic mass is 16.5. The summed E-state index contributed by atoms with van der Waals surface area (Å²) in [6.07, 6.45) is 0.167. The molecule has 6 nitrogen and oxygen atoms in total. The lowest BCUT2D eigenvalue weighted by atomic mass is 10.0. The minimum Gasteiger partial charge on any atom is -0.481 e. The number of anilines is 1. The van der Waals surface area contributed by atoms with Crippen molar-refractivity contribution in [3.8, 4) is 23.7 Å². The fraction of sp³-hybridized carbons (Fsp3) is 0.370. The molecule has 1 amide bonds. The van der Waals surface area contributed by atoms with Gasteiger partial charge in [-0.15, -0.1) is 0 Å². The van der Waals surface area contributed by atoms with Crippen LogP contribution in [0.5, 0.6) is 5.75 Å². The maximum atomic E-state index is 12.9. The number of benzene rings is 2. The first-order valence-corrected chi connectivity index (χ1v) is 11.0. The summed E-state index contributed by atoms with van der Waals surface area (Å²) in [5.41, 5.74) is 4.13. The van der Waals surface area contributed by atoms with Crippen LogP contribution in [0.25, 0.3) is 0 Å². The Kier molecular flexibility index (Phi) is 9.51. The van der Waals surface area contributed by atoms with Crippen molar-refractivity contribution in [3.05, 3.63) is 58.7 Å². The van der Waals surface area contributed by atoms with Crippen molar-refractivity contribution in [2.75, 3.05) is 18.1 Å². The van der Waals surface area contributed by atoms with Gasteiger partial charge in [-0.05, 0) is 82.1 Å². The smallest absolute Gasteiger partial charge is 0.306 e. The molecular formula is C27H30N2O4. The molecule has 2 rings (SSSR count). The van der Waals surface area contributed by atoms with Gasteiger partial charge in [0.25, 0.3) is 0 Å². The molecule has 0 saturated heterocycles. The predicted molar refractivity (Wildman–Crippen MR) is 128 cm³/mol. The molecule has 0 fully saturated rings. The Morgan fingerprint density at radius 2 is 1.76 bits per heavy atom. The van der Waals surface area contributed by atoms with Gasteiger partial charge in [-0.1, -0.05) is 11.8 Å². The summed E-state index contributed by atoms with van der Waals surface area (Å²) in [5.74, 6) is 6.32. The van der Waals surface area contributed by atoms with Gasteiger partial charge < -0.3 is 14.4 Å². The summed E-state index contributed by atoms with van der Waals surface area (Å²) in [4.78, 5) is 26.3. The van der Waals surface area contributed by atoms with E-state index in [2.05, 4.69) is 17.9 Å². The number of hydrogen-bond donors (Lipinski definition) is 0. The lowest BCUT2D eigenvalue weighted by molar-refractivity contribution is -0.144. The Bertz CT molecular complexity index is 1090. The highest BCUT2D eigenvalue weighted by Gasteiger charge is 2.22. The van der Waals surface area contributed by atoms with Crippen LogP contribution in [0.1, 0.15) is 55.9 Å². The first-order valence-electron chi connectivity index (χ1n) is 11.0. The molecule has 2 aromatic rings. The third-order valence-corrected chi connectivity index (χ3v) is 4.95. The number of esters is 1. The average Bonchev–Trinajstić information content (AvgIpc) is 2.78. The van der Waals surface area contributed by atoms with Crippen molar-refractivity contribution in [1.82, 2.24) is 0 Å². The molecule has 0 aliphatic carbocycles. The van der Waals surface area contributed by atoms with E-state index in [1.807, 2.05) is 39.8 Å². The number of rotatable bonds is 8. The number of ether oxygens (including phenoxy) is 2. The molecule has 0 aliphatic heterocycles. The van der Waals surface area contributed by atoms with Gasteiger partial charge in [0.15, 0.2) is 0 Å². The van der Waals surface area contributed by atoms with Crippen LogP contribution in [0, 0.1) is 37.0 Å². The summed E-state index contributed by atoms with van der Waals surface area (Å²) in [5, 5.41) is 8.85. The van der Waals surface area contributed by atoms with Gasteiger partial charge in [-0.2, -0.15) is 5.26 Å². The van der Waals surface area contributed by atoms with Crippen LogP contribution in [-0.4, -0.2) is 31.1 Å². The molecule has 0 radical (unpaired) electrons. The number of hydrogen-bond acceptors (Lipinski definition) is 5. The van der Waals surface area contributed by atoms with Crippen molar-refractivity contribution in [1.29, 1.82) is 5.26 Å². The molecule has 0 heterocycles. The number of amides is 1. The number of carbonyl (C=O) groups excluding carboxylic acids is 2. The topological polar surface area (TPSA) is 79.6 Å². The third-order valence-electron chi connectivity index (χ3n) is 4.95. The molecule has 6 heteroatoms. The van der Waals surface area contributed by atoms with E-state index in [4.69, 9.17) is 14.7 Å². The first-order chi connectivity index (χ1) is 15.8. The van der Waals surface area contributed by atoms with E-state index in [1.54, 1.807) is 36.1 Å². The summed E-state index contributed by atoms with van der Waals surface area (Å²) in [7, 11) is 0. The number of carbonyl (C=O) groups is 2. The lowest BCUT2D eigenvalue weighted by Crippen LogP contribution is -2.37. The van der Waals surface area contributed by atoms with Gasteiger partial charge in [0.1, 0.15) is 12.4 Å². The second kappa shape index (κ2) is 12.3. The Hall–Kier alpha value is -3.77. The lowest BCUT2D eigenvalue weighted by Gasteiger charge is -2.29. The first kappa shape index (κ1) is 25.5. The molecule has 33 heavy (non-hydrogen) atoms. The van der Waals surface area contributed by atoms with E-state index in [0.717, 1.165) is 22.4 Å². The molecule has 0 atom stereocenters. The Balaban J connectivity index is 2.12. The zero-order chi connectivity index (χ0) is 24.4. The SMILES string of the molecule is CCOC(=O)CCC(=O)N(c1cc(C)c(C#CCOc2ccc(C#N)cc2)cc1C)C(C)C. The number of aryl methyl sites for hydroxylation is 2. The van der Waals surface area contributed by atoms with Crippen LogP contribution in [0.3, 0.4) is 0 Å². The van der Waals surface area contributed by atoms with E-state index in [-0.39, 0.29) is 37.4 Å². The normalized spacial score (nSPS) is 10.1. The standard InChI is InChI=1S/C27H30N2O4/c1-6-32-27(31)14-13-26(30)29(19(2)3)25-17-20(4)23(16-21(25)5)8-7-15-33-24-11-9-22(18-28)10-12-24/h9-12,16-17,19H,6,13-15H2,1-5H3. The van der Waals surface area contributed by atoms with Gasteiger partial charge in [-0.25, -0.2) is 0 Å². The van der Waals surface area contributed by atoms with Gasteiger partial charge in [0, 0.05) is 23.7 Å². The van der Waals surface area contributed by atoms with Crippen LogP contribution in [0.4, 0.5) is 5.69 Å². The molecule has 0 aromatic heterocycles. The monoisotopic (exact) mass is 446 g/mol. The molecular weight excluding hydrogens is 416 g/mol. The second-order valence-corrected chi connectivity index (χ2v) is 7.84. The zero-order valence-electron chi connectivity index (χ0n) is 19.9. The minimum absolute atomic E-state index is 0.0597. The fourth-order valence-corrected chi connectivity index (χ4v) is 3.33. The summed E-state index contributed by atoms with van der Waals surface area (Å²) in [6, 6.07) is 12.8. The molecule has 2 aromatic carbocycles. The predicted octanol–water partition coefficient (Wildman–Crippen LogP) is 4.69. The van der Waals surface area contributed by atoms with Crippen LogP contribution in [0.2, 0.25) is 0 Å². The van der Waals surface area contributed by atoms with E-state index < -0.39 is 0 Å². The van der Waals surface area contributed by atoms with Gasteiger partial charge in [-0.3, -0.25) is 9.59 Å². The Labute approximate surface area is 196 Å². The van der Waals surface area contributed by atoms with Gasteiger partial charge in [0.05, 0.1) is 24.7 Å². The molecule has 0 N–H and O–H groups in total. The van der Waals surface area contributed by atoms with Crippen LogP contribution < -0.4 is 9.64 Å². The van der Waals surface area contributed by atoms with E-state index in [0.29, 0.717) is 17.9 Å². The summed E-state index contributed by atoms with van der Waals surface area (Å²) < 4.78 is 10.5. The van der Waals surface area contributed by atoms with Crippen molar-refractivity contribution in [2.45, 2.75) is 53.5 Å². The maximum Gasteiger partial charge on any atom is 0.306 e. The molecule has 172 valence electrons. The molecule has 0 unspecified atom stereocenters. The molecule has 0 bridgehead atoms. The van der Waals surface area contributed by atoms with Crippen LogP contribution in [-0.2, 0) is 14.3 Å². The quantitative estimate of drug-likeness (QED) is 0.434. The van der Waals surface area contributed by atoms with Gasteiger partial charge >= 0.3 is 5.97 Å². The molecule has 0 saturated carbocycles. The summed E-state index contributed by atoms with van der Waals surface area (Å²) in [6.45, 7) is 10.1. The Morgan fingerprint density at radius 1 is 1.06 bits per heavy atom. The number of nitrogens with zero attached hydrogens (tertiary/aromatic N) is 2. The van der Waals surface area contributed by atoms with E-state index in [9.17, 15) is 9.59 Å². The van der Waals surface area contributed by atoms with Crippen LogP contribution in [0.15, 0.2) is 36.4 Å². The number of nitriles is 1. The van der Waals surface area contributed by atoms with Crippen molar-refractivity contribution >= 4 is 17.6 Å². The maximum absolute atomic E-state index is 12.9. The second-order valence-electron chi connectivity index (χ2n) is 7.84. The molecule has 0 spiro atoms. The molecule has 0 aliphatic rings. The van der Waals surface area contributed by atoms with Crippen molar-refractivity contribution < 1.29 is 19.1 Å². The average molecular weight is 447 g/mol. The van der Waals surface area contributed by atoms with Gasteiger partial charge in [0.2, 0.25) is 5.91 Å². The highest BCUT2D eigenvalue weighted by molar-refractivity contribution is 5.96. The minimum atomic E-state index is -0.365. The zero-order valence-corrected chi connectivity index (χ0v) is 19.9. The van der Waals surface area contributed by atoms with E-state index >= 15 is 0 Å². The van der Waals surface area contributed by atoms with E-state index in [1.165, 1.54) is 0 Å². The Morgan fingerprint density at radius 3 is 2.36 bits per heavy atom. The highest BCUT2D eigenvalue weighted by Crippen LogP contribution is 2.27. The van der Waals surface area contributed by atoms with Crippen molar-refractivity contribution in [3.63, 3.8) is 0 Å². The van der Waals surface area contributed by atoms with Crippen molar-refractivity contribution in [2.24, 2.45) is 0 Å². The largest absolute Gasteiger partial charge is 0.481 e. The third kappa shape index (κ3) is 7.40. The fourth-order valence-electron chi connectivity index (χ4n) is 3.33. The van der Waals surface area contributed by atoms with Crippen LogP contribution >= 0.6 is 0 Å². The summed E-state index contributed by atoms with van der Waals surface area (Å²) >= 11 is 0.